The number of aromatic nitrogens is 3. The van der Waals surface area contributed by atoms with Crippen molar-refractivity contribution in [2.75, 3.05) is 20.3 Å². The Morgan fingerprint density at radius 2 is 2.32 bits per heavy atom. The molecule has 2 aliphatic rings. The molecule has 0 unspecified atom stereocenters. The quantitative estimate of drug-likeness (QED) is 0.821. The molecule has 0 spiro atoms. The van der Waals surface area contributed by atoms with Crippen molar-refractivity contribution < 1.29 is 4.74 Å². The molecule has 6 heteroatoms. The summed E-state index contributed by atoms with van der Waals surface area (Å²) in [6, 6.07) is 0. The molecule has 0 amide bonds. The highest BCUT2D eigenvalue weighted by atomic mass is 32.1. The van der Waals surface area contributed by atoms with Crippen molar-refractivity contribution in [1.29, 1.82) is 0 Å². The Morgan fingerprint density at radius 3 is 3.05 bits per heavy atom. The normalized spacial score (nSPS) is 22.0. The maximum atomic E-state index is 5.45. The SMILES string of the molecule is COC[C@H]1CN(Cc2nccs2)Cc2nn(CC3CC3)cc21. The van der Waals surface area contributed by atoms with Crippen LogP contribution in [0.1, 0.15) is 35.0 Å². The standard InChI is InChI=1S/C16H22N4OS/c1-21-11-13-7-19(10-16-17-4-5-22-16)9-15-14(13)8-20(18-15)6-12-2-3-12/h4-5,8,12-13H,2-3,6-7,9-11H2,1H3/t13-/m1/s1. The summed E-state index contributed by atoms with van der Waals surface area (Å²) in [5, 5.41) is 8.07. The van der Waals surface area contributed by atoms with Gasteiger partial charge in [-0.2, -0.15) is 5.10 Å². The Kier molecular flexibility index (Phi) is 3.98. The average Bonchev–Trinajstić information content (AvgIpc) is 2.98. The van der Waals surface area contributed by atoms with Gasteiger partial charge in [0.1, 0.15) is 5.01 Å². The fraction of sp³-hybridized carbons (Fsp3) is 0.625. The van der Waals surface area contributed by atoms with E-state index in [9.17, 15) is 0 Å². The molecule has 5 nitrogen and oxygen atoms in total. The third-order valence-electron chi connectivity index (χ3n) is 4.51. The van der Waals surface area contributed by atoms with Crippen LogP contribution >= 0.6 is 11.3 Å². The highest BCUT2D eigenvalue weighted by Gasteiger charge is 2.30. The van der Waals surface area contributed by atoms with Gasteiger partial charge in [0.15, 0.2) is 0 Å². The van der Waals surface area contributed by atoms with Crippen LogP contribution in [0.5, 0.6) is 0 Å². The van der Waals surface area contributed by atoms with Gasteiger partial charge in [0.25, 0.3) is 0 Å². The van der Waals surface area contributed by atoms with Gasteiger partial charge in [-0.25, -0.2) is 4.98 Å². The molecule has 0 bridgehead atoms. The smallest absolute Gasteiger partial charge is 0.107 e. The van der Waals surface area contributed by atoms with Gasteiger partial charge >= 0.3 is 0 Å². The maximum absolute atomic E-state index is 5.45. The minimum absolute atomic E-state index is 0.418. The third-order valence-corrected chi connectivity index (χ3v) is 5.28. The van der Waals surface area contributed by atoms with E-state index in [0.29, 0.717) is 5.92 Å². The number of nitrogens with zero attached hydrogens (tertiary/aromatic N) is 4. The Labute approximate surface area is 134 Å². The van der Waals surface area contributed by atoms with Crippen molar-refractivity contribution in [2.24, 2.45) is 5.92 Å². The van der Waals surface area contributed by atoms with Crippen LogP contribution in [-0.4, -0.2) is 39.9 Å². The van der Waals surface area contributed by atoms with Crippen molar-refractivity contribution >= 4 is 11.3 Å². The molecule has 4 rings (SSSR count). The molecular weight excluding hydrogens is 296 g/mol. The first kappa shape index (κ1) is 14.4. The number of ether oxygens (including phenoxy) is 1. The van der Waals surface area contributed by atoms with E-state index in [0.717, 1.165) is 38.7 Å². The van der Waals surface area contributed by atoms with Gasteiger partial charge < -0.3 is 4.74 Å². The van der Waals surface area contributed by atoms with E-state index >= 15 is 0 Å². The molecule has 22 heavy (non-hydrogen) atoms. The Balaban J connectivity index is 1.53. The lowest BCUT2D eigenvalue weighted by Crippen LogP contribution is -2.34. The fourth-order valence-electron chi connectivity index (χ4n) is 3.27. The van der Waals surface area contributed by atoms with Gasteiger partial charge in [0.2, 0.25) is 0 Å². The molecule has 2 aromatic rings. The van der Waals surface area contributed by atoms with Crippen LogP contribution in [0, 0.1) is 5.92 Å². The van der Waals surface area contributed by atoms with Crippen LogP contribution in [0.15, 0.2) is 17.8 Å². The topological polar surface area (TPSA) is 43.2 Å². The number of methoxy groups -OCH3 is 1. The highest BCUT2D eigenvalue weighted by Crippen LogP contribution is 2.33. The molecule has 1 atom stereocenters. The second-order valence-corrected chi connectivity index (χ2v) is 7.42. The minimum Gasteiger partial charge on any atom is -0.384 e. The zero-order valence-electron chi connectivity index (χ0n) is 12.9. The number of fused-ring (bicyclic) bond motifs is 1. The number of thiazole rings is 1. The number of hydrogen-bond donors (Lipinski definition) is 0. The largest absolute Gasteiger partial charge is 0.384 e. The second-order valence-electron chi connectivity index (χ2n) is 6.44. The van der Waals surface area contributed by atoms with Gasteiger partial charge in [0, 0.05) is 56.0 Å². The second kappa shape index (κ2) is 6.10. The zero-order valence-corrected chi connectivity index (χ0v) is 13.8. The summed E-state index contributed by atoms with van der Waals surface area (Å²) < 4.78 is 7.61. The van der Waals surface area contributed by atoms with Gasteiger partial charge in [0.05, 0.1) is 18.8 Å². The van der Waals surface area contributed by atoms with Crippen molar-refractivity contribution in [2.45, 2.75) is 38.4 Å². The average molecular weight is 318 g/mol. The van der Waals surface area contributed by atoms with Gasteiger partial charge in [-0.05, 0) is 18.8 Å². The number of hydrogen-bond acceptors (Lipinski definition) is 5. The summed E-state index contributed by atoms with van der Waals surface area (Å²) in [7, 11) is 1.79. The summed E-state index contributed by atoms with van der Waals surface area (Å²) in [6.07, 6.45) is 6.87. The lowest BCUT2D eigenvalue weighted by molar-refractivity contribution is 0.135. The van der Waals surface area contributed by atoms with Crippen molar-refractivity contribution in [3.63, 3.8) is 0 Å². The van der Waals surface area contributed by atoms with Crippen molar-refractivity contribution in [1.82, 2.24) is 19.7 Å². The molecule has 0 aromatic carbocycles. The molecule has 0 N–H and O–H groups in total. The molecule has 3 heterocycles. The molecule has 0 saturated heterocycles. The van der Waals surface area contributed by atoms with Crippen LogP contribution in [0.3, 0.4) is 0 Å². The third kappa shape index (κ3) is 3.09. The van der Waals surface area contributed by atoms with Crippen LogP contribution in [0.2, 0.25) is 0 Å². The predicted molar refractivity (Wildman–Crippen MR) is 85.8 cm³/mol. The Bertz CT molecular complexity index is 620. The lowest BCUT2D eigenvalue weighted by Gasteiger charge is -2.31. The van der Waals surface area contributed by atoms with Gasteiger partial charge in [-0.1, -0.05) is 0 Å². The molecule has 118 valence electrons. The highest BCUT2D eigenvalue weighted by molar-refractivity contribution is 7.09. The van der Waals surface area contributed by atoms with E-state index in [-0.39, 0.29) is 0 Å². The Hall–Kier alpha value is -1.24. The van der Waals surface area contributed by atoms with E-state index in [1.807, 2.05) is 11.6 Å². The predicted octanol–water partition coefficient (Wildman–Crippen LogP) is 2.50. The van der Waals surface area contributed by atoms with Crippen LogP contribution in [0.25, 0.3) is 0 Å². The van der Waals surface area contributed by atoms with Crippen molar-refractivity contribution in [3.8, 4) is 0 Å². The molecule has 1 fully saturated rings. The van der Waals surface area contributed by atoms with Crippen LogP contribution in [0.4, 0.5) is 0 Å². The monoisotopic (exact) mass is 318 g/mol. The minimum atomic E-state index is 0.418. The van der Waals surface area contributed by atoms with Crippen molar-refractivity contribution in [3.05, 3.63) is 34.0 Å². The molecular formula is C16H22N4OS. The lowest BCUT2D eigenvalue weighted by atomic mass is 9.96. The zero-order chi connectivity index (χ0) is 14.9. The maximum Gasteiger partial charge on any atom is 0.107 e. The molecule has 0 radical (unpaired) electrons. The molecule has 1 aliphatic carbocycles. The Morgan fingerprint density at radius 1 is 1.41 bits per heavy atom. The first-order valence-corrected chi connectivity index (χ1v) is 8.85. The van der Waals surface area contributed by atoms with E-state index < -0.39 is 0 Å². The van der Waals surface area contributed by atoms with Crippen LogP contribution < -0.4 is 0 Å². The number of rotatable bonds is 6. The van der Waals surface area contributed by atoms with E-state index in [2.05, 4.69) is 20.8 Å². The first-order valence-electron chi connectivity index (χ1n) is 7.97. The summed E-state index contributed by atoms with van der Waals surface area (Å²) in [6.45, 7) is 4.70. The van der Waals surface area contributed by atoms with E-state index in [1.165, 1.54) is 29.1 Å². The summed E-state index contributed by atoms with van der Waals surface area (Å²) in [5.41, 5.74) is 2.61. The van der Waals surface area contributed by atoms with E-state index in [1.54, 1.807) is 18.4 Å². The summed E-state index contributed by atoms with van der Waals surface area (Å²) >= 11 is 1.72. The summed E-state index contributed by atoms with van der Waals surface area (Å²) in [5.74, 6) is 1.27. The molecule has 1 saturated carbocycles. The molecule has 2 aromatic heterocycles. The van der Waals surface area contributed by atoms with E-state index in [4.69, 9.17) is 9.84 Å². The van der Waals surface area contributed by atoms with Gasteiger partial charge in [-0.15, -0.1) is 11.3 Å². The molecule has 1 aliphatic heterocycles. The van der Waals surface area contributed by atoms with Crippen LogP contribution in [-0.2, 0) is 24.4 Å². The summed E-state index contributed by atoms with van der Waals surface area (Å²) in [4.78, 5) is 6.85. The first-order chi connectivity index (χ1) is 10.8. The fourth-order valence-corrected chi connectivity index (χ4v) is 3.93. The van der Waals surface area contributed by atoms with Gasteiger partial charge in [-0.3, -0.25) is 9.58 Å².